The van der Waals surface area contributed by atoms with Crippen LogP contribution in [-0.2, 0) is 4.74 Å². The van der Waals surface area contributed by atoms with Crippen molar-refractivity contribution in [3.63, 3.8) is 0 Å². The molecule has 1 aromatic carbocycles. The van der Waals surface area contributed by atoms with Gasteiger partial charge in [0, 0.05) is 46.9 Å². The molecule has 124 valence electrons. The fourth-order valence-electron chi connectivity index (χ4n) is 2.46. The molecule has 1 aliphatic heterocycles. The van der Waals surface area contributed by atoms with Crippen molar-refractivity contribution in [1.29, 1.82) is 0 Å². The number of anilines is 1. The molecule has 0 aromatic heterocycles. The topological polar surface area (TPSA) is 40.1 Å². The maximum Gasteiger partial charge on any atom is 0.193 e. The molecule has 0 radical (unpaired) electrons. The van der Waals surface area contributed by atoms with Crippen LogP contribution in [0, 0.1) is 5.82 Å². The Hall–Kier alpha value is -1.09. The number of methoxy groups -OCH3 is 1. The second-order valence-electron chi connectivity index (χ2n) is 4.89. The van der Waals surface area contributed by atoms with Crippen LogP contribution in [0.25, 0.3) is 0 Å². The quantitative estimate of drug-likeness (QED) is 0.348. The van der Waals surface area contributed by atoms with E-state index in [0.717, 1.165) is 38.7 Å². The molecule has 22 heavy (non-hydrogen) atoms. The largest absolute Gasteiger partial charge is 0.383 e. The molecule has 7 heteroatoms. The summed E-state index contributed by atoms with van der Waals surface area (Å²) in [7, 11) is 3.45. The summed E-state index contributed by atoms with van der Waals surface area (Å²) in [5.74, 6) is 0.716. The number of benzene rings is 1. The molecule has 1 saturated heterocycles. The van der Waals surface area contributed by atoms with E-state index in [0.29, 0.717) is 12.3 Å². The third kappa shape index (κ3) is 4.98. The first-order valence-electron chi connectivity index (χ1n) is 7.20. The van der Waals surface area contributed by atoms with Crippen molar-refractivity contribution in [2.75, 3.05) is 58.4 Å². The molecule has 1 fully saturated rings. The highest BCUT2D eigenvalue weighted by Crippen LogP contribution is 2.20. The average Bonchev–Trinajstić information content (AvgIpc) is 2.53. The number of hydrogen-bond donors (Lipinski definition) is 1. The first-order valence-corrected chi connectivity index (χ1v) is 7.20. The second-order valence-corrected chi connectivity index (χ2v) is 4.89. The van der Waals surface area contributed by atoms with Crippen LogP contribution in [0.1, 0.15) is 0 Å². The van der Waals surface area contributed by atoms with Crippen LogP contribution < -0.4 is 10.2 Å². The summed E-state index contributed by atoms with van der Waals surface area (Å²) < 4.78 is 18.8. The number of hydrogen-bond acceptors (Lipinski definition) is 3. The Morgan fingerprint density at radius 3 is 2.55 bits per heavy atom. The molecule has 0 unspecified atom stereocenters. The summed E-state index contributed by atoms with van der Waals surface area (Å²) >= 11 is 0. The predicted molar refractivity (Wildman–Crippen MR) is 98.8 cm³/mol. The lowest BCUT2D eigenvalue weighted by Crippen LogP contribution is -2.53. The third-order valence-electron chi connectivity index (χ3n) is 3.57. The second kappa shape index (κ2) is 9.83. The Kier molecular flexibility index (Phi) is 8.47. The minimum atomic E-state index is -0.159. The van der Waals surface area contributed by atoms with Gasteiger partial charge in [0.05, 0.1) is 12.3 Å². The van der Waals surface area contributed by atoms with E-state index in [4.69, 9.17) is 4.74 Å². The van der Waals surface area contributed by atoms with Crippen molar-refractivity contribution < 1.29 is 9.13 Å². The summed E-state index contributed by atoms with van der Waals surface area (Å²) in [6.45, 7) is 4.59. The minimum Gasteiger partial charge on any atom is -0.383 e. The molecule has 1 heterocycles. The van der Waals surface area contributed by atoms with Gasteiger partial charge in [0.15, 0.2) is 5.96 Å². The third-order valence-corrected chi connectivity index (χ3v) is 3.57. The number of nitrogens with zero attached hydrogens (tertiary/aromatic N) is 3. The van der Waals surface area contributed by atoms with Gasteiger partial charge < -0.3 is 19.9 Å². The van der Waals surface area contributed by atoms with Crippen LogP contribution >= 0.6 is 24.0 Å². The zero-order valence-corrected chi connectivity index (χ0v) is 15.4. The predicted octanol–water partition coefficient (Wildman–Crippen LogP) is 1.79. The van der Waals surface area contributed by atoms with Crippen molar-refractivity contribution in [2.45, 2.75) is 0 Å². The molecule has 0 saturated carbocycles. The highest BCUT2D eigenvalue weighted by atomic mass is 127. The van der Waals surface area contributed by atoms with Crippen molar-refractivity contribution in [3.05, 3.63) is 30.1 Å². The zero-order valence-electron chi connectivity index (χ0n) is 13.1. The summed E-state index contributed by atoms with van der Waals surface area (Å²) in [6.07, 6.45) is 0. The molecule has 0 atom stereocenters. The number of rotatable bonds is 4. The SMILES string of the molecule is CN=C(NCCOC)N1CCN(c2ccccc2F)CC1.I. The molecule has 2 rings (SSSR count). The average molecular weight is 422 g/mol. The Morgan fingerprint density at radius 1 is 1.27 bits per heavy atom. The van der Waals surface area contributed by atoms with Crippen molar-refractivity contribution in [2.24, 2.45) is 4.99 Å². The number of para-hydroxylation sites is 1. The maximum absolute atomic E-state index is 13.8. The maximum atomic E-state index is 13.8. The van der Waals surface area contributed by atoms with E-state index in [1.54, 1.807) is 20.2 Å². The number of nitrogens with one attached hydrogen (secondary N) is 1. The van der Waals surface area contributed by atoms with E-state index in [2.05, 4.69) is 20.1 Å². The van der Waals surface area contributed by atoms with Gasteiger partial charge in [-0.1, -0.05) is 12.1 Å². The van der Waals surface area contributed by atoms with Crippen LogP contribution in [0.4, 0.5) is 10.1 Å². The molecule has 0 bridgehead atoms. The Morgan fingerprint density at radius 2 is 1.95 bits per heavy atom. The van der Waals surface area contributed by atoms with Crippen molar-refractivity contribution in [1.82, 2.24) is 10.2 Å². The lowest BCUT2D eigenvalue weighted by Gasteiger charge is -2.37. The van der Waals surface area contributed by atoms with Gasteiger partial charge in [-0.15, -0.1) is 24.0 Å². The Balaban J connectivity index is 0.00000242. The lowest BCUT2D eigenvalue weighted by atomic mass is 10.2. The van der Waals surface area contributed by atoms with Crippen LogP contribution in [-0.4, -0.2) is 64.3 Å². The first-order chi connectivity index (χ1) is 10.3. The molecule has 1 aliphatic rings. The van der Waals surface area contributed by atoms with Gasteiger partial charge in [-0.25, -0.2) is 4.39 Å². The summed E-state index contributed by atoms with van der Waals surface area (Å²) in [5, 5.41) is 3.26. The fraction of sp³-hybridized carbons (Fsp3) is 0.533. The standard InChI is InChI=1S/C15H23FN4O.HI/c1-17-15(18-7-12-21-2)20-10-8-19(9-11-20)14-6-4-3-5-13(14)16;/h3-6H,7-12H2,1-2H3,(H,17,18);1H. The van der Waals surface area contributed by atoms with E-state index in [1.165, 1.54) is 6.07 Å². The van der Waals surface area contributed by atoms with E-state index in [1.807, 2.05) is 12.1 Å². The Labute approximate surface area is 148 Å². The number of aliphatic imine (C=N–C) groups is 1. The first kappa shape index (κ1) is 19.0. The van der Waals surface area contributed by atoms with Crippen molar-refractivity contribution in [3.8, 4) is 0 Å². The van der Waals surface area contributed by atoms with Gasteiger partial charge >= 0.3 is 0 Å². The van der Waals surface area contributed by atoms with Crippen molar-refractivity contribution >= 4 is 35.6 Å². The van der Waals surface area contributed by atoms with E-state index < -0.39 is 0 Å². The van der Waals surface area contributed by atoms with Crippen LogP contribution in [0.15, 0.2) is 29.3 Å². The normalized spacial score (nSPS) is 15.5. The van der Waals surface area contributed by atoms with E-state index in [-0.39, 0.29) is 29.8 Å². The smallest absolute Gasteiger partial charge is 0.193 e. The highest BCUT2D eigenvalue weighted by molar-refractivity contribution is 14.0. The molecule has 5 nitrogen and oxygen atoms in total. The molecule has 0 aliphatic carbocycles. The minimum absolute atomic E-state index is 0. The summed E-state index contributed by atoms with van der Waals surface area (Å²) in [5.41, 5.74) is 0.680. The van der Waals surface area contributed by atoms with Gasteiger partial charge in [0.25, 0.3) is 0 Å². The summed E-state index contributed by atoms with van der Waals surface area (Å²) in [6, 6.07) is 6.93. The van der Waals surface area contributed by atoms with Gasteiger partial charge in [-0.3, -0.25) is 4.99 Å². The van der Waals surface area contributed by atoms with Crippen LogP contribution in [0.5, 0.6) is 0 Å². The van der Waals surface area contributed by atoms with E-state index >= 15 is 0 Å². The van der Waals surface area contributed by atoms with Gasteiger partial charge in [0.1, 0.15) is 5.82 Å². The van der Waals surface area contributed by atoms with Crippen LogP contribution in [0.3, 0.4) is 0 Å². The molecular weight excluding hydrogens is 398 g/mol. The van der Waals surface area contributed by atoms with Gasteiger partial charge in [-0.2, -0.15) is 0 Å². The molecule has 1 aromatic rings. The number of halogens is 2. The molecule has 0 spiro atoms. The molecule has 1 N–H and O–H groups in total. The number of piperazine rings is 1. The number of ether oxygens (including phenoxy) is 1. The molecular formula is C15H24FIN4O. The highest BCUT2D eigenvalue weighted by Gasteiger charge is 2.21. The van der Waals surface area contributed by atoms with E-state index in [9.17, 15) is 4.39 Å². The van der Waals surface area contributed by atoms with Crippen LogP contribution in [0.2, 0.25) is 0 Å². The summed E-state index contributed by atoms with van der Waals surface area (Å²) in [4.78, 5) is 8.55. The fourth-order valence-corrected chi connectivity index (χ4v) is 2.46. The molecule has 0 amide bonds. The monoisotopic (exact) mass is 422 g/mol. The lowest BCUT2D eigenvalue weighted by molar-refractivity contribution is 0.202. The van der Waals surface area contributed by atoms with Gasteiger partial charge in [0.2, 0.25) is 0 Å². The Bertz CT molecular complexity index is 478. The van der Waals surface area contributed by atoms with Gasteiger partial charge in [-0.05, 0) is 12.1 Å². The number of guanidine groups is 1. The zero-order chi connectivity index (χ0) is 15.1.